The van der Waals surface area contributed by atoms with Gasteiger partial charge in [-0.2, -0.15) is 5.10 Å². The zero-order valence-corrected chi connectivity index (χ0v) is 26.2. The van der Waals surface area contributed by atoms with E-state index in [2.05, 4.69) is 26.0 Å². The van der Waals surface area contributed by atoms with Crippen LogP contribution in [0.15, 0.2) is 54.7 Å². The van der Waals surface area contributed by atoms with Crippen LogP contribution in [0.3, 0.4) is 0 Å². The minimum absolute atomic E-state index is 0.140. The third kappa shape index (κ3) is 8.14. The molecule has 236 valence electrons. The second-order valence-electron chi connectivity index (χ2n) is 11.5. The predicted molar refractivity (Wildman–Crippen MR) is 168 cm³/mol. The monoisotopic (exact) mass is 612 g/mol. The Morgan fingerprint density at radius 2 is 1.89 bits per heavy atom. The maximum atomic E-state index is 13.8. The standard InChI is InChI=1S/C33H40N8O4/c1-22-10-11-29-30(16-22)45-15-7-14-40-21-28(36-38-40)20-39(13-6-12-34-31(42)25(4)35-32(29)43)33(44)27-9-5-8-26(18-27)19-41-24(3)17-23(2)37-41/h5,8-11,16-18,21,25H,6-7,12-15,19-20H2,1-4H3,(H,34,42)(H,35,43)/t25-/m1/s1. The van der Waals surface area contributed by atoms with Crippen molar-refractivity contribution in [2.45, 2.75) is 66.2 Å². The summed E-state index contributed by atoms with van der Waals surface area (Å²) in [7, 11) is 0. The molecule has 2 aromatic carbocycles. The van der Waals surface area contributed by atoms with Crippen molar-refractivity contribution < 1.29 is 19.1 Å². The summed E-state index contributed by atoms with van der Waals surface area (Å²) in [6.45, 7) is 9.98. The average Bonchev–Trinajstić information content (AvgIpc) is 3.59. The Balaban J connectivity index is 1.33. The molecule has 0 saturated carbocycles. The van der Waals surface area contributed by atoms with Gasteiger partial charge in [0.05, 0.1) is 37.2 Å². The van der Waals surface area contributed by atoms with Crippen molar-refractivity contribution in [2.75, 3.05) is 19.7 Å². The van der Waals surface area contributed by atoms with Gasteiger partial charge >= 0.3 is 0 Å². The first-order chi connectivity index (χ1) is 21.7. The van der Waals surface area contributed by atoms with Crippen LogP contribution >= 0.6 is 0 Å². The van der Waals surface area contributed by atoms with Crippen molar-refractivity contribution >= 4 is 17.7 Å². The summed E-state index contributed by atoms with van der Waals surface area (Å²) in [5.74, 6) is -0.374. The van der Waals surface area contributed by atoms with Gasteiger partial charge in [0.25, 0.3) is 11.8 Å². The van der Waals surface area contributed by atoms with E-state index in [0.29, 0.717) is 68.2 Å². The van der Waals surface area contributed by atoms with Crippen molar-refractivity contribution in [3.63, 3.8) is 0 Å². The molecule has 2 aromatic heterocycles. The Morgan fingerprint density at radius 1 is 1.04 bits per heavy atom. The average molecular weight is 613 g/mol. The first kappa shape index (κ1) is 31.4. The Morgan fingerprint density at radius 3 is 2.69 bits per heavy atom. The summed E-state index contributed by atoms with van der Waals surface area (Å²) in [5.41, 5.74) is 5.52. The molecule has 0 aliphatic carbocycles. The highest BCUT2D eigenvalue weighted by molar-refractivity contribution is 5.99. The van der Waals surface area contributed by atoms with Gasteiger partial charge in [-0.25, -0.2) is 0 Å². The van der Waals surface area contributed by atoms with Crippen molar-refractivity contribution in [1.29, 1.82) is 0 Å². The van der Waals surface area contributed by atoms with Gasteiger partial charge in [-0.05, 0) is 75.6 Å². The molecule has 12 heteroatoms. The number of nitrogens with zero attached hydrogens (tertiary/aromatic N) is 6. The number of carbonyl (C=O) groups is 3. The van der Waals surface area contributed by atoms with Gasteiger partial charge in [0.2, 0.25) is 5.91 Å². The molecule has 0 fully saturated rings. The third-order valence-electron chi connectivity index (χ3n) is 7.65. The van der Waals surface area contributed by atoms with E-state index in [0.717, 1.165) is 22.5 Å². The maximum Gasteiger partial charge on any atom is 0.255 e. The molecule has 0 saturated heterocycles. The van der Waals surface area contributed by atoms with Crippen molar-refractivity contribution in [2.24, 2.45) is 0 Å². The normalized spacial score (nSPS) is 16.8. The molecular weight excluding hydrogens is 572 g/mol. The quantitative estimate of drug-likeness (QED) is 0.363. The zero-order valence-electron chi connectivity index (χ0n) is 26.2. The van der Waals surface area contributed by atoms with Gasteiger partial charge in [-0.3, -0.25) is 23.7 Å². The molecule has 1 aliphatic heterocycles. The van der Waals surface area contributed by atoms with Crippen LogP contribution in [0.2, 0.25) is 0 Å². The number of ether oxygens (including phenoxy) is 1. The fraction of sp³-hybridized carbons (Fsp3) is 0.394. The number of aromatic nitrogens is 5. The Hall–Kier alpha value is -5.00. The first-order valence-corrected chi connectivity index (χ1v) is 15.3. The minimum Gasteiger partial charge on any atom is -0.493 e. The highest BCUT2D eigenvalue weighted by atomic mass is 16.5. The molecule has 0 spiro atoms. The zero-order chi connectivity index (χ0) is 31.9. The number of rotatable bonds is 3. The molecule has 12 nitrogen and oxygen atoms in total. The van der Waals surface area contributed by atoms with Crippen LogP contribution in [0.1, 0.15) is 68.7 Å². The van der Waals surface area contributed by atoms with Crippen LogP contribution in [0.5, 0.6) is 5.75 Å². The molecule has 4 aromatic rings. The molecule has 0 radical (unpaired) electrons. The van der Waals surface area contributed by atoms with Crippen molar-refractivity contribution in [1.82, 2.24) is 40.3 Å². The lowest BCUT2D eigenvalue weighted by atomic mass is 10.1. The highest BCUT2D eigenvalue weighted by Crippen LogP contribution is 2.21. The topological polar surface area (TPSA) is 136 Å². The number of aryl methyl sites for hydroxylation is 4. The number of carbonyl (C=O) groups excluding carboxylic acids is 3. The highest BCUT2D eigenvalue weighted by Gasteiger charge is 2.21. The molecule has 3 heterocycles. The fourth-order valence-electron chi connectivity index (χ4n) is 5.28. The number of hydrogen-bond donors (Lipinski definition) is 2. The van der Waals surface area contributed by atoms with Gasteiger partial charge in [0, 0.05) is 37.3 Å². The molecular formula is C33H40N8O4. The lowest BCUT2D eigenvalue weighted by Crippen LogP contribution is -2.45. The van der Waals surface area contributed by atoms with Crippen molar-refractivity contribution in [3.05, 3.63) is 94.1 Å². The van der Waals surface area contributed by atoms with Crippen molar-refractivity contribution in [3.8, 4) is 5.75 Å². The van der Waals surface area contributed by atoms with Crippen LogP contribution in [0.25, 0.3) is 0 Å². The summed E-state index contributed by atoms with van der Waals surface area (Å²) < 4.78 is 9.64. The predicted octanol–water partition coefficient (Wildman–Crippen LogP) is 3.20. The Bertz CT molecular complexity index is 1680. The van der Waals surface area contributed by atoms with Gasteiger partial charge < -0.3 is 20.3 Å². The Kier molecular flexibility index (Phi) is 9.91. The Labute approximate surface area is 262 Å². The molecule has 0 unspecified atom stereocenters. The summed E-state index contributed by atoms with van der Waals surface area (Å²) in [4.78, 5) is 41.4. The van der Waals surface area contributed by atoms with Gasteiger partial charge in [0.1, 0.15) is 17.5 Å². The molecule has 2 N–H and O–H groups in total. The van der Waals surface area contributed by atoms with Gasteiger partial charge in [-0.15, -0.1) is 5.10 Å². The van der Waals surface area contributed by atoms with E-state index in [1.807, 2.05) is 74.1 Å². The summed E-state index contributed by atoms with van der Waals surface area (Å²) in [5, 5.41) is 18.8. The first-order valence-electron chi connectivity index (χ1n) is 15.3. The maximum absolute atomic E-state index is 13.8. The SMILES string of the molecule is Cc1ccc2c(c1)OCCCn1cc(nn1)CN(C(=O)c1cccc(Cn3nc(C)cc3C)c1)CCCNC(=O)[C@@H](C)NC2=O. The number of amides is 3. The summed E-state index contributed by atoms with van der Waals surface area (Å²) in [6.07, 6.45) is 2.97. The summed E-state index contributed by atoms with van der Waals surface area (Å²) >= 11 is 0. The smallest absolute Gasteiger partial charge is 0.255 e. The minimum atomic E-state index is -0.759. The fourth-order valence-corrected chi connectivity index (χ4v) is 5.28. The molecule has 5 rings (SSSR count). The molecule has 2 bridgehead atoms. The van der Waals surface area contributed by atoms with Gasteiger partial charge in [0.15, 0.2) is 0 Å². The van der Waals surface area contributed by atoms with Crippen LogP contribution in [0.4, 0.5) is 0 Å². The lowest BCUT2D eigenvalue weighted by molar-refractivity contribution is -0.122. The van der Waals surface area contributed by atoms with E-state index in [4.69, 9.17) is 4.74 Å². The van der Waals surface area contributed by atoms with E-state index in [9.17, 15) is 14.4 Å². The second-order valence-corrected chi connectivity index (χ2v) is 11.5. The van der Waals surface area contributed by atoms with Crippen LogP contribution in [-0.4, -0.2) is 73.1 Å². The molecule has 1 aliphatic rings. The van der Waals surface area contributed by atoms with E-state index < -0.39 is 6.04 Å². The molecule has 1 atom stereocenters. The third-order valence-corrected chi connectivity index (χ3v) is 7.65. The number of benzene rings is 2. The largest absolute Gasteiger partial charge is 0.493 e. The molecule has 3 amide bonds. The lowest BCUT2D eigenvalue weighted by Gasteiger charge is -2.22. The van der Waals surface area contributed by atoms with Crippen LogP contribution < -0.4 is 15.4 Å². The van der Waals surface area contributed by atoms with Gasteiger partial charge in [-0.1, -0.05) is 23.4 Å². The number of hydrogen-bond acceptors (Lipinski definition) is 7. The van der Waals surface area contributed by atoms with E-state index in [1.54, 1.807) is 22.6 Å². The van der Waals surface area contributed by atoms with E-state index >= 15 is 0 Å². The number of nitrogens with one attached hydrogen (secondary N) is 2. The van der Waals surface area contributed by atoms with E-state index in [1.165, 1.54) is 0 Å². The summed E-state index contributed by atoms with van der Waals surface area (Å²) in [6, 6.07) is 14.2. The molecule has 45 heavy (non-hydrogen) atoms. The van der Waals surface area contributed by atoms with E-state index in [-0.39, 0.29) is 24.3 Å². The van der Waals surface area contributed by atoms with Crippen LogP contribution in [-0.2, 0) is 24.4 Å². The van der Waals surface area contributed by atoms with Crippen LogP contribution in [0, 0.1) is 20.8 Å². The number of fused-ring (bicyclic) bond motifs is 3. The second kappa shape index (κ2) is 14.2.